The highest BCUT2D eigenvalue weighted by Crippen LogP contribution is 2.34. The summed E-state index contributed by atoms with van der Waals surface area (Å²) in [5, 5.41) is 0.749. The van der Waals surface area contributed by atoms with Crippen molar-refractivity contribution in [1.82, 2.24) is 14.9 Å². The van der Waals surface area contributed by atoms with Gasteiger partial charge in [-0.15, -0.1) is 0 Å². The average molecular weight is 422 g/mol. The maximum Gasteiger partial charge on any atom is 0.248 e. The van der Waals surface area contributed by atoms with Gasteiger partial charge in [-0.3, -0.25) is 9.69 Å². The third-order valence-corrected chi connectivity index (χ3v) is 5.78. The predicted molar refractivity (Wildman–Crippen MR) is 119 cm³/mol. The Labute approximate surface area is 180 Å². The lowest BCUT2D eigenvalue weighted by atomic mass is 9.89. The molecule has 4 N–H and O–H groups in total. The topological polar surface area (TPSA) is 98.1 Å². The van der Waals surface area contributed by atoms with E-state index in [-0.39, 0.29) is 11.9 Å². The van der Waals surface area contributed by atoms with Gasteiger partial charge in [0.05, 0.1) is 5.69 Å². The van der Waals surface area contributed by atoms with Gasteiger partial charge in [0, 0.05) is 41.4 Å². The minimum Gasteiger partial charge on any atom is -0.368 e. The number of aromatic nitrogens is 2. The standard InChI is InChI=1S/C23H24ClN5O/c24-19-9-3-15(4-10-19)13-29-11-1-2-18(14-29)21-20(12-27-23(26)28-21)16-5-7-17(8-6-16)22(25)30/h3-10,12,18H,1-2,11,13-14H2,(H2,25,30)(H2,26,27,28)/t18-/m1/s1. The largest absolute Gasteiger partial charge is 0.368 e. The van der Waals surface area contributed by atoms with Gasteiger partial charge >= 0.3 is 0 Å². The molecule has 1 atom stereocenters. The van der Waals surface area contributed by atoms with Crippen LogP contribution >= 0.6 is 11.6 Å². The Morgan fingerprint density at radius 2 is 1.87 bits per heavy atom. The molecular weight excluding hydrogens is 398 g/mol. The van der Waals surface area contributed by atoms with Crippen molar-refractivity contribution < 1.29 is 4.79 Å². The summed E-state index contributed by atoms with van der Waals surface area (Å²) in [6.07, 6.45) is 3.90. The molecule has 0 radical (unpaired) electrons. The Hall–Kier alpha value is -2.96. The second-order valence-corrected chi connectivity index (χ2v) is 8.11. The van der Waals surface area contributed by atoms with Crippen molar-refractivity contribution in [3.63, 3.8) is 0 Å². The van der Waals surface area contributed by atoms with E-state index in [1.54, 1.807) is 18.3 Å². The van der Waals surface area contributed by atoms with Gasteiger partial charge in [0.15, 0.2) is 0 Å². The Morgan fingerprint density at radius 3 is 2.57 bits per heavy atom. The number of primary amides is 1. The molecule has 2 heterocycles. The number of benzene rings is 2. The molecule has 4 rings (SSSR count). The average Bonchev–Trinajstić information content (AvgIpc) is 2.76. The monoisotopic (exact) mass is 421 g/mol. The van der Waals surface area contributed by atoms with Crippen molar-refractivity contribution in [2.45, 2.75) is 25.3 Å². The molecule has 0 saturated carbocycles. The van der Waals surface area contributed by atoms with E-state index in [9.17, 15) is 4.79 Å². The number of rotatable bonds is 5. The van der Waals surface area contributed by atoms with Gasteiger partial charge < -0.3 is 11.5 Å². The summed E-state index contributed by atoms with van der Waals surface area (Å²) in [5.74, 6) is 0.0833. The first-order chi connectivity index (χ1) is 14.5. The predicted octanol–water partition coefficient (Wildman–Crippen LogP) is 3.86. The van der Waals surface area contributed by atoms with E-state index in [1.165, 1.54) is 5.56 Å². The number of nitrogen functional groups attached to an aromatic ring is 1. The molecule has 1 aliphatic rings. The first-order valence-corrected chi connectivity index (χ1v) is 10.4. The molecule has 0 aliphatic carbocycles. The number of hydrogen-bond acceptors (Lipinski definition) is 5. The van der Waals surface area contributed by atoms with E-state index in [4.69, 9.17) is 23.1 Å². The van der Waals surface area contributed by atoms with Crippen molar-refractivity contribution in [1.29, 1.82) is 0 Å². The van der Waals surface area contributed by atoms with Crippen LogP contribution in [0.1, 0.15) is 40.4 Å². The van der Waals surface area contributed by atoms with Crippen LogP contribution in [-0.4, -0.2) is 33.9 Å². The highest BCUT2D eigenvalue weighted by molar-refractivity contribution is 6.30. The van der Waals surface area contributed by atoms with Crippen molar-refractivity contribution in [2.75, 3.05) is 18.8 Å². The first kappa shape index (κ1) is 20.3. The third-order valence-electron chi connectivity index (χ3n) is 5.53. The van der Waals surface area contributed by atoms with Crippen LogP contribution in [0, 0.1) is 0 Å². The van der Waals surface area contributed by atoms with Gasteiger partial charge in [0.2, 0.25) is 11.9 Å². The molecule has 6 nitrogen and oxygen atoms in total. The van der Waals surface area contributed by atoms with Crippen LogP contribution in [0.4, 0.5) is 5.95 Å². The molecule has 0 spiro atoms. The number of nitrogens with two attached hydrogens (primary N) is 2. The zero-order valence-electron chi connectivity index (χ0n) is 16.6. The van der Waals surface area contributed by atoms with E-state index in [0.29, 0.717) is 5.56 Å². The fraction of sp³-hybridized carbons (Fsp3) is 0.261. The minimum atomic E-state index is -0.444. The molecular formula is C23H24ClN5O. The fourth-order valence-corrected chi connectivity index (χ4v) is 4.15. The van der Waals surface area contributed by atoms with E-state index < -0.39 is 5.91 Å². The van der Waals surface area contributed by atoms with E-state index in [1.807, 2.05) is 24.3 Å². The SMILES string of the molecule is NC(=O)c1ccc(-c2cnc(N)nc2[C@@H]2CCCN(Cc3ccc(Cl)cc3)C2)cc1. The van der Waals surface area contributed by atoms with E-state index >= 15 is 0 Å². The van der Waals surface area contributed by atoms with Gasteiger partial charge in [-0.25, -0.2) is 9.97 Å². The second kappa shape index (κ2) is 8.81. The highest BCUT2D eigenvalue weighted by Gasteiger charge is 2.25. The summed E-state index contributed by atoms with van der Waals surface area (Å²) in [4.78, 5) is 22.6. The van der Waals surface area contributed by atoms with Crippen LogP contribution in [0.25, 0.3) is 11.1 Å². The summed E-state index contributed by atoms with van der Waals surface area (Å²) < 4.78 is 0. The Kier molecular flexibility index (Phi) is 5.97. The van der Waals surface area contributed by atoms with Crippen LogP contribution in [0.15, 0.2) is 54.7 Å². The van der Waals surface area contributed by atoms with Gasteiger partial charge in [0.1, 0.15) is 0 Å². The smallest absolute Gasteiger partial charge is 0.248 e. The summed E-state index contributed by atoms with van der Waals surface area (Å²) in [6.45, 7) is 2.81. The number of likely N-dealkylation sites (tertiary alicyclic amines) is 1. The summed E-state index contributed by atoms with van der Waals surface area (Å²) in [6, 6.07) is 15.2. The number of carbonyl (C=O) groups excluding carboxylic acids is 1. The zero-order chi connectivity index (χ0) is 21.1. The number of anilines is 1. The number of piperidine rings is 1. The van der Waals surface area contributed by atoms with Crippen LogP contribution in [0.2, 0.25) is 5.02 Å². The molecule has 1 fully saturated rings. The maximum absolute atomic E-state index is 11.4. The molecule has 1 aliphatic heterocycles. The Bertz CT molecular complexity index is 1040. The molecule has 0 unspecified atom stereocenters. The fourth-order valence-electron chi connectivity index (χ4n) is 4.03. The number of nitrogens with zero attached hydrogens (tertiary/aromatic N) is 3. The Morgan fingerprint density at radius 1 is 1.13 bits per heavy atom. The number of carbonyl (C=O) groups is 1. The summed E-state index contributed by atoms with van der Waals surface area (Å²) in [5.41, 5.74) is 15.9. The third kappa shape index (κ3) is 4.61. The normalized spacial score (nSPS) is 17.0. The van der Waals surface area contributed by atoms with E-state index in [0.717, 1.165) is 54.3 Å². The number of halogens is 1. The molecule has 154 valence electrons. The first-order valence-electron chi connectivity index (χ1n) is 9.99. The molecule has 2 aromatic carbocycles. The highest BCUT2D eigenvalue weighted by atomic mass is 35.5. The molecule has 1 saturated heterocycles. The maximum atomic E-state index is 11.4. The van der Waals surface area contributed by atoms with Gasteiger partial charge in [0.25, 0.3) is 0 Å². The lowest BCUT2D eigenvalue weighted by molar-refractivity contribution is 0.100. The molecule has 1 aromatic heterocycles. The molecule has 30 heavy (non-hydrogen) atoms. The molecule has 0 bridgehead atoms. The van der Waals surface area contributed by atoms with Crippen LogP contribution in [0.5, 0.6) is 0 Å². The van der Waals surface area contributed by atoms with E-state index in [2.05, 4.69) is 27.0 Å². The van der Waals surface area contributed by atoms with Crippen LogP contribution in [-0.2, 0) is 6.54 Å². The van der Waals surface area contributed by atoms with Crippen molar-refractivity contribution >= 4 is 23.5 Å². The minimum absolute atomic E-state index is 0.252. The lowest BCUT2D eigenvalue weighted by Gasteiger charge is -2.33. The van der Waals surface area contributed by atoms with Gasteiger partial charge in [-0.1, -0.05) is 35.9 Å². The van der Waals surface area contributed by atoms with Crippen molar-refractivity contribution in [2.24, 2.45) is 5.73 Å². The Balaban J connectivity index is 1.58. The lowest BCUT2D eigenvalue weighted by Crippen LogP contribution is -2.34. The van der Waals surface area contributed by atoms with Crippen LogP contribution < -0.4 is 11.5 Å². The number of amides is 1. The van der Waals surface area contributed by atoms with Gasteiger partial charge in [-0.2, -0.15) is 0 Å². The summed E-state index contributed by atoms with van der Waals surface area (Å²) in [7, 11) is 0. The number of hydrogen-bond donors (Lipinski definition) is 2. The summed E-state index contributed by atoms with van der Waals surface area (Å²) >= 11 is 6.01. The zero-order valence-corrected chi connectivity index (χ0v) is 17.3. The van der Waals surface area contributed by atoms with Crippen LogP contribution in [0.3, 0.4) is 0 Å². The molecule has 3 aromatic rings. The quantitative estimate of drug-likeness (QED) is 0.651. The van der Waals surface area contributed by atoms with Gasteiger partial charge in [-0.05, 0) is 54.8 Å². The van der Waals surface area contributed by atoms with Crippen molar-refractivity contribution in [3.05, 3.63) is 76.6 Å². The molecule has 1 amide bonds. The van der Waals surface area contributed by atoms with Crippen molar-refractivity contribution in [3.8, 4) is 11.1 Å². The second-order valence-electron chi connectivity index (χ2n) is 7.67. The molecule has 7 heteroatoms.